The van der Waals surface area contributed by atoms with Crippen LogP contribution in [0.25, 0.3) is 0 Å². The first-order valence-corrected chi connectivity index (χ1v) is 7.23. The number of ether oxygens (including phenoxy) is 2. The van der Waals surface area contributed by atoms with Crippen molar-refractivity contribution >= 4 is 6.21 Å². The Bertz CT molecular complexity index is 482. The van der Waals surface area contributed by atoms with Gasteiger partial charge in [-0.05, 0) is 5.56 Å². The molecule has 5 atom stereocenters. The average Bonchev–Trinajstić information content (AvgIpc) is 2.58. The van der Waals surface area contributed by atoms with E-state index in [-0.39, 0.29) is 6.61 Å². The van der Waals surface area contributed by atoms with Crippen LogP contribution in [0.5, 0.6) is 0 Å². The molecule has 8 nitrogen and oxygen atoms in total. The SMILES string of the molecule is OCC1O[C@@H](OCC=NOCc2ccccc2)C(O)C(O)[C@H]1O. The van der Waals surface area contributed by atoms with Gasteiger partial charge in [-0.1, -0.05) is 35.5 Å². The third-order valence-electron chi connectivity index (χ3n) is 3.41. The second-order valence-electron chi connectivity index (χ2n) is 5.08. The molecule has 1 aromatic carbocycles. The van der Waals surface area contributed by atoms with Gasteiger partial charge in [0.1, 0.15) is 31.0 Å². The number of aliphatic hydroxyl groups is 4. The quantitative estimate of drug-likeness (QED) is 0.375. The molecule has 1 aliphatic rings. The van der Waals surface area contributed by atoms with E-state index in [0.29, 0.717) is 6.61 Å². The van der Waals surface area contributed by atoms with Gasteiger partial charge in [-0.2, -0.15) is 0 Å². The van der Waals surface area contributed by atoms with E-state index in [1.165, 1.54) is 6.21 Å². The molecule has 23 heavy (non-hydrogen) atoms. The first kappa shape index (κ1) is 17.8. The van der Waals surface area contributed by atoms with Crippen molar-refractivity contribution in [3.8, 4) is 0 Å². The minimum atomic E-state index is -1.46. The summed E-state index contributed by atoms with van der Waals surface area (Å²) in [5.41, 5.74) is 0.972. The van der Waals surface area contributed by atoms with E-state index in [4.69, 9.17) is 19.4 Å². The second kappa shape index (κ2) is 8.92. The van der Waals surface area contributed by atoms with Crippen LogP contribution in [-0.4, -0.2) is 70.6 Å². The van der Waals surface area contributed by atoms with Crippen LogP contribution in [0, 0.1) is 0 Å². The summed E-state index contributed by atoms with van der Waals surface area (Å²) in [6, 6.07) is 9.50. The van der Waals surface area contributed by atoms with Crippen molar-refractivity contribution in [1.29, 1.82) is 0 Å². The fraction of sp³-hybridized carbons (Fsp3) is 0.533. The van der Waals surface area contributed by atoms with Gasteiger partial charge < -0.3 is 34.7 Å². The molecule has 0 aliphatic carbocycles. The topological polar surface area (TPSA) is 121 Å². The van der Waals surface area contributed by atoms with Crippen molar-refractivity contribution in [2.45, 2.75) is 37.3 Å². The zero-order valence-corrected chi connectivity index (χ0v) is 12.4. The number of rotatable bonds is 7. The van der Waals surface area contributed by atoms with Gasteiger partial charge in [-0.15, -0.1) is 0 Å². The number of hydrogen-bond donors (Lipinski definition) is 4. The molecule has 4 N–H and O–H groups in total. The summed E-state index contributed by atoms with van der Waals surface area (Å²) in [6.45, 7) is -0.214. The molecular weight excluding hydrogens is 306 g/mol. The van der Waals surface area contributed by atoms with E-state index in [2.05, 4.69) is 5.16 Å². The summed E-state index contributed by atoms with van der Waals surface area (Å²) in [6.07, 6.45) is -5.12. The summed E-state index contributed by atoms with van der Waals surface area (Å²) < 4.78 is 10.4. The number of hydrogen-bond acceptors (Lipinski definition) is 8. The van der Waals surface area contributed by atoms with Crippen molar-refractivity contribution in [2.75, 3.05) is 13.2 Å². The summed E-state index contributed by atoms with van der Waals surface area (Å²) in [5.74, 6) is 0. The molecule has 0 amide bonds. The lowest BCUT2D eigenvalue weighted by atomic mass is 9.99. The molecule has 0 radical (unpaired) electrons. The van der Waals surface area contributed by atoms with Gasteiger partial charge in [0.2, 0.25) is 0 Å². The van der Waals surface area contributed by atoms with E-state index in [9.17, 15) is 15.3 Å². The van der Waals surface area contributed by atoms with Crippen LogP contribution in [0.2, 0.25) is 0 Å². The molecule has 1 saturated heterocycles. The first-order valence-electron chi connectivity index (χ1n) is 7.23. The highest BCUT2D eigenvalue weighted by Crippen LogP contribution is 2.21. The Morgan fingerprint density at radius 2 is 1.83 bits per heavy atom. The Kier molecular flexibility index (Phi) is 6.90. The van der Waals surface area contributed by atoms with Crippen LogP contribution in [0.1, 0.15) is 5.56 Å². The van der Waals surface area contributed by atoms with Crippen LogP contribution in [0.15, 0.2) is 35.5 Å². The maximum absolute atomic E-state index is 9.76. The zero-order chi connectivity index (χ0) is 16.7. The van der Waals surface area contributed by atoms with Crippen LogP contribution in [0.3, 0.4) is 0 Å². The highest BCUT2D eigenvalue weighted by molar-refractivity contribution is 5.57. The monoisotopic (exact) mass is 327 g/mol. The Balaban J connectivity index is 1.71. The van der Waals surface area contributed by atoms with Crippen LogP contribution in [-0.2, 0) is 20.9 Å². The third kappa shape index (κ3) is 4.96. The summed E-state index contributed by atoms with van der Waals surface area (Å²) in [7, 11) is 0. The molecular formula is C15H21NO7. The minimum absolute atomic E-state index is 0.0303. The Morgan fingerprint density at radius 1 is 1.09 bits per heavy atom. The summed E-state index contributed by atoms with van der Waals surface area (Å²) >= 11 is 0. The molecule has 128 valence electrons. The van der Waals surface area contributed by atoms with Gasteiger partial charge in [0, 0.05) is 0 Å². The molecule has 0 spiro atoms. The van der Waals surface area contributed by atoms with Crippen LogP contribution in [0.4, 0.5) is 0 Å². The number of benzene rings is 1. The largest absolute Gasteiger partial charge is 0.394 e. The Labute approximate surface area is 133 Å². The molecule has 3 unspecified atom stereocenters. The fourth-order valence-corrected chi connectivity index (χ4v) is 2.11. The second-order valence-corrected chi connectivity index (χ2v) is 5.08. The van der Waals surface area contributed by atoms with Crippen LogP contribution >= 0.6 is 0 Å². The standard InChI is InChI=1S/C15H21NO7/c17-8-11-12(18)13(19)14(20)15(23-11)21-7-6-16-22-9-10-4-2-1-3-5-10/h1-6,11-15,17-20H,7-9H2/t11?,12-,13?,14?,15+/m0/s1. The van der Waals surface area contributed by atoms with Gasteiger partial charge in [-0.3, -0.25) is 0 Å². The molecule has 1 heterocycles. The van der Waals surface area contributed by atoms with E-state index >= 15 is 0 Å². The average molecular weight is 327 g/mol. The Hall–Kier alpha value is -1.55. The lowest BCUT2D eigenvalue weighted by Gasteiger charge is -2.39. The fourth-order valence-electron chi connectivity index (χ4n) is 2.11. The van der Waals surface area contributed by atoms with Crippen molar-refractivity contribution in [1.82, 2.24) is 0 Å². The normalized spacial score (nSPS) is 31.4. The molecule has 2 rings (SSSR count). The highest BCUT2D eigenvalue weighted by Gasteiger charge is 2.43. The lowest BCUT2D eigenvalue weighted by Crippen LogP contribution is -2.59. The van der Waals surface area contributed by atoms with Crippen molar-refractivity contribution < 1.29 is 34.7 Å². The van der Waals surface area contributed by atoms with Gasteiger partial charge in [-0.25, -0.2) is 0 Å². The molecule has 0 bridgehead atoms. The van der Waals surface area contributed by atoms with E-state index < -0.39 is 37.3 Å². The van der Waals surface area contributed by atoms with E-state index in [1.807, 2.05) is 30.3 Å². The van der Waals surface area contributed by atoms with Crippen molar-refractivity contribution in [3.63, 3.8) is 0 Å². The summed E-state index contributed by atoms with van der Waals surface area (Å²) in [5, 5.41) is 41.7. The van der Waals surface area contributed by atoms with Crippen LogP contribution < -0.4 is 0 Å². The summed E-state index contributed by atoms with van der Waals surface area (Å²) in [4.78, 5) is 5.07. The molecule has 0 aromatic heterocycles. The van der Waals surface area contributed by atoms with Gasteiger partial charge in [0.25, 0.3) is 0 Å². The van der Waals surface area contributed by atoms with Gasteiger partial charge in [0.05, 0.1) is 19.4 Å². The van der Waals surface area contributed by atoms with E-state index in [1.54, 1.807) is 0 Å². The number of nitrogens with zero attached hydrogens (tertiary/aromatic N) is 1. The predicted octanol–water partition coefficient (Wildman–Crippen LogP) is -0.995. The molecule has 1 aliphatic heterocycles. The molecule has 1 aromatic rings. The van der Waals surface area contributed by atoms with E-state index in [0.717, 1.165) is 5.56 Å². The van der Waals surface area contributed by atoms with Crippen molar-refractivity contribution in [2.24, 2.45) is 5.16 Å². The molecule has 8 heteroatoms. The Morgan fingerprint density at radius 3 is 2.52 bits per heavy atom. The van der Waals surface area contributed by atoms with Gasteiger partial charge in [0.15, 0.2) is 6.29 Å². The predicted molar refractivity (Wildman–Crippen MR) is 79.4 cm³/mol. The maximum atomic E-state index is 9.76. The van der Waals surface area contributed by atoms with Gasteiger partial charge >= 0.3 is 0 Å². The minimum Gasteiger partial charge on any atom is -0.394 e. The number of oxime groups is 1. The zero-order valence-electron chi connectivity index (χ0n) is 12.4. The smallest absolute Gasteiger partial charge is 0.187 e. The molecule has 1 fully saturated rings. The third-order valence-corrected chi connectivity index (χ3v) is 3.41. The first-order chi connectivity index (χ1) is 11.1. The maximum Gasteiger partial charge on any atom is 0.187 e. The highest BCUT2D eigenvalue weighted by atomic mass is 16.7. The lowest BCUT2D eigenvalue weighted by molar-refractivity contribution is -0.297. The molecule has 0 saturated carbocycles. The number of aliphatic hydroxyl groups excluding tert-OH is 4. The van der Waals surface area contributed by atoms with Crippen molar-refractivity contribution in [3.05, 3.63) is 35.9 Å².